The fourth-order valence-corrected chi connectivity index (χ4v) is 3.41. The number of carbonyl (C=O) groups excluding carboxylic acids is 2. The van der Waals surface area contributed by atoms with Crippen molar-refractivity contribution in [2.45, 2.75) is 57.8 Å². The van der Waals surface area contributed by atoms with Crippen LogP contribution >= 0.6 is 0 Å². The van der Waals surface area contributed by atoms with E-state index < -0.39 is 6.04 Å². The Hall–Kier alpha value is -1.88. The van der Waals surface area contributed by atoms with E-state index >= 15 is 0 Å². The Morgan fingerprint density at radius 1 is 1.39 bits per heavy atom. The third kappa shape index (κ3) is 3.24. The lowest BCUT2D eigenvalue weighted by molar-refractivity contribution is -0.128. The van der Waals surface area contributed by atoms with Crippen LogP contribution in [0.1, 0.15) is 49.5 Å². The minimum atomic E-state index is -0.471. The first kappa shape index (κ1) is 16.0. The molecular formula is C18H24N2O3. The van der Waals surface area contributed by atoms with Crippen molar-refractivity contribution >= 4 is 11.8 Å². The zero-order valence-corrected chi connectivity index (χ0v) is 14.0. The van der Waals surface area contributed by atoms with Gasteiger partial charge >= 0.3 is 0 Å². The third-order valence-electron chi connectivity index (χ3n) is 4.74. The summed E-state index contributed by atoms with van der Waals surface area (Å²) in [5.41, 5.74) is 1.49. The first-order chi connectivity index (χ1) is 10.9. The Kier molecular flexibility index (Phi) is 4.15. The van der Waals surface area contributed by atoms with Gasteiger partial charge in [-0.15, -0.1) is 0 Å². The van der Waals surface area contributed by atoms with Gasteiger partial charge in [-0.05, 0) is 45.2 Å². The average molecular weight is 316 g/mol. The van der Waals surface area contributed by atoms with E-state index in [-0.39, 0.29) is 23.5 Å². The number of rotatable bonds is 3. The molecule has 2 atom stereocenters. The van der Waals surface area contributed by atoms with Crippen LogP contribution in [0.15, 0.2) is 24.3 Å². The molecule has 0 saturated carbocycles. The van der Waals surface area contributed by atoms with E-state index in [4.69, 9.17) is 4.74 Å². The van der Waals surface area contributed by atoms with Gasteiger partial charge in [0, 0.05) is 24.8 Å². The summed E-state index contributed by atoms with van der Waals surface area (Å²) in [6.45, 7) is 7.03. The first-order valence-electron chi connectivity index (χ1n) is 8.20. The predicted octanol–water partition coefficient (Wildman–Crippen LogP) is 2.10. The molecule has 2 heterocycles. The van der Waals surface area contributed by atoms with Gasteiger partial charge in [0.2, 0.25) is 5.91 Å². The zero-order chi connectivity index (χ0) is 16.6. The number of hydrogen-bond acceptors (Lipinski definition) is 3. The van der Waals surface area contributed by atoms with E-state index in [2.05, 4.69) is 5.32 Å². The lowest BCUT2D eigenvalue weighted by Gasteiger charge is -2.36. The van der Waals surface area contributed by atoms with Crippen molar-refractivity contribution < 1.29 is 14.3 Å². The van der Waals surface area contributed by atoms with E-state index in [1.807, 2.05) is 38.1 Å². The van der Waals surface area contributed by atoms with Gasteiger partial charge in [0.25, 0.3) is 5.91 Å². The molecule has 1 N–H and O–H groups in total. The van der Waals surface area contributed by atoms with E-state index in [1.54, 1.807) is 11.8 Å². The highest BCUT2D eigenvalue weighted by atomic mass is 16.5. The van der Waals surface area contributed by atoms with Crippen molar-refractivity contribution in [1.82, 2.24) is 10.2 Å². The molecule has 2 aliphatic rings. The minimum absolute atomic E-state index is 0.0597. The molecule has 1 fully saturated rings. The summed E-state index contributed by atoms with van der Waals surface area (Å²) >= 11 is 0. The smallest absolute Gasteiger partial charge is 0.255 e. The van der Waals surface area contributed by atoms with Crippen LogP contribution in [0, 0.1) is 0 Å². The molecule has 5 nitrogen and oxygen atoms in total. The van der Waals surface area contributed by atoms with Crippen LogP contribution in [-0.4, -0.2) is 41.0 Å². The number of benzene rings is 1. The highest BCUT2D eigenvalue weighted by molar-refractivity contribution is 6.01. The standard InChI is InChI=1S/C18H24N2O3/c1-12(16(21)19-14-8-9-23-18(2,3)10-14)20-11-13-6-4-5-7-15(13)17(20)22/h4-7,12,14H,8-11H2,1-3H3,(H,19,21)/t12-,14-/m0/s1. The molecule has 0 bridgehead atoms. The number of amides is 2. The summed E-state index contributed by atoms with van der Waals surface area (Å²) in [4.78, 5) is 26.7. The van der Waals surface area contributed by atoms with Crippen LogP contribution in [0.3, 0.4) is 0 Å². The summed E-state index contributed by atoms with van der Waals surface area (Å²) < 4.78 is 5.68. The molecule has 0 aliphatic carbocycles. The molecule has 5 heteroatoms. The van der Waals surface area contributed by atoms with Crippen LogP contribution in [0.25, 0.3) is 0 Å². The van der Waals surface area contributed by atoms with Gasteiger partial charge in [0.05, 0.1) is 5.60 Å². The molecule has 0 radical (unpaired) electrons. The average Bonchev–Trinajstić information content (AvgIpc) is 2.83. The molecule has 1 aromatic carbocycles. The molecule has 124 valence electrons. The number of hydrogen-bond donors (Lipinski definition) is 1. The van der Waals surface area contributed by atoms with Crippen molar-refractivity contribution in [1.29, 1.82) is 0 Å². The Labute approximate surface area is 137 Å². The normalized spacial score (nSPS) is 24.2. The Morgan fingerprint density at radius 2 is 2.13 bits per heavy atom. The topological polar surface area (TPSA) is 58.6 Å². The van der Waals surface area contributed by atoms with Gasteiger partial charge in [-0.2, -0.15) is 0 Å². The number of nitrogens with zero attached hydrogens (tertiary/aromatic N) is 1. The monoisotopic (exact) mass is 316 g/mol. The third-order valence-corrected chi connectivity index (χ3v) is 4.74. The van der Waals surface area contributed by atoms with Crippen molar-refractivity contribution in [3.63, 3.8) is 0 Å². The summed E-state index contributed by atoms with van der Waals surface area (Å²) in [5, 5.41) is 3.09. The second-order valence-corrected chi connectivity index (χ2v) is 7.07. The lowest BCUT2D eigenvalue weighted by atomic mass is 9.94. The van der Waals surface area contributed by atoms with Crippen LogP contribution in [-0.2, 0) is 16.1 Å². The fraction of sp³-hybridized carbons (Fsp3) is 0.556. The molecule has 23 heavy (non-hydrogen) atoms. The van der Waals surface area contributed by atoms with Gasteiger partial charge in [-0.3, -0.25) is 9.59 Å². The largest absolute Gasteiger partial charge is 0.375 e. The molecule has 0 unspecified atom stereocenters. The predicted molar refractivity (Wildman–Crippen MR) is 87.0 cm³/mol. The van der Waals surface area contributed by atoms with E-state index in [9.17, 15) is 9.59 Å². The lowest BCUT2D eigenvalue weighted by Crippen LogP contribution is -2.51. The van der Waals surface area contributed by atoms with E-state index in [0.717, 1.165) is 18.4 Å². The minimum Gasteiger partial charge on any atom is -0.375 e. The van der Waals surface area contributed by atoms with Crippen molar-refractivity contribution in [3.05, 3.63) is 35.4 Å². The van der Waals surface area contributed by atoms with Crippen LogP contribution in [0.5, 0.6) is 0 Å². The maximum absolute atomic E-state index is 12.6. The van der Waals surface area contributed by atoms with Crippen molar-refractivity contribution in [2.24, 2.45) is 0 Å². The summed E-state index contributed by atoms with van der Waals surface area (Å²) in [5.74, 6) is -0.149. The Balaban J connectivity index is 1.64. The molecule has 0 aromatic heterocycles. The molecule has 1 aromatic rings. The van der Waals surface area contributed by atoms with Gasteiger partial charge < -0.3 is 15.0 Å². The van der Waals surface area contributed by atoms with Crippen LogP contribution in [0.2, 0.25) is 0 Å². The van der Waals surface area contributed by atoms with Crippen molar-refractivity contribution in [3.8, 4) is 0 Å². The maximum atomic E-state index is 12.6. The van der Waals surface area contributed by atoms with Gasteiger partial charge in [0.15, 0.2) is 0 Å². The molecular weight excluding hydrogens is 292 g/mol. The first-order valence-corrected chi connectivity index (χ1v) is 8.20. The van der Waals surface area contributed by atoms with Gasteiger partial charge in [-0.1, -0.05) is 18.2 Å². The van der Waals surface area contributed by atoms with Gasteiger partial charge in [0.1, 0.15) is 6.04 Å². The van der Waals surface area contributed by atoms with Crippen molar-refractivity contribution in [2.75, 3.05) is 6.61 Å². The number of fused-ring (bicyclic) bond motifs is 1. The van der Waals surface area contributed by atoms with E-state index in [0.29, 0.717) is 18.7 Å². The SMILES string of the molecule is C[C@@H](C(=O)N[C@H]1CCOC(C)(C)C1)N1Cc2ccccc2C1=O. The van der Waals surface area contributed by atoms with Crippen LogP contribution in [0.4, 0.5) is 0 Å². The quantitative estimate of drug-likeness (QED) is 0.929. The molecule has 2 aliphatic heterocycles. The summed E-state index contributed by atoms with van der Waals surface area (Å²) in [7, 11) is 0. The number of ether oxygens (including phenoxy) is 1. The highest BCUT2D eigenvalue weighted by Crippen LogP contribution is 2.26. The van der Waals surface area contributed by atoms with E-state index in [1.165, 1.54) is 0 Å². The highest BCUT2D eigenvalue weighted by Gasteiger charge is 2.35. The summed E-state index contributed by atoms with van der Waals surface area (Å²) in [6.07, 6.45) is 1.61. The second-order valence-electron chi connectivity index (χ2n) is 7.07. The Bertz CT molecular complexity index is 626. The fourth-order valence-electron chi connectivity index (χ4n) is 3.41. The number of carbonyl (C=O) groups is 2. The van der Waals surface area contributed by atoms with Crippen LogP contribution < -0.4 is 5.32 Å². The maximum Gasteiger partial charge on any atom is 0.255 e. The molecule has 1 saturated heterocycles. The number of nitrogens with one attached hydrogen (secondary N) is 1. The molecule has 3 rings (SSSR count). The van der Waals surface area contributed by atoms with Gasteiger partial charge in [-0.25, -0.2) is 0 Å². The zero-order valence-electron chi connectivity index (χ0n) is 14.0. The molecule has 2 amide bonds. The second kappa shape index (κ2) is 5.96. The summed E-state index contributed by atoms with van der Waals surface area (Å²) in [6, 6.07) is 7.18. The molecule has 0 spiro atoms. The Morgan fingerprint density at radius 3 is 2.83 bits per heavy atom.